The smallest absolute Gasteiger partial charge is 0.408 e. The lowest BCUT2D eigenvalue weighted by molar-refractivity contribution is -0.139. The lowest BCUT2D eigenvalue weighted by Crippen LogP contribution is -2.44. The Kier molecular flexibility index (Phi) is 6.61. The van der Waals surface area contributed by atoms with Crippen molar-refractivity contribution in [2.24, 2.45) is 0 Å². The van der Waals surface area contributed by atoms with Crippen molar-refractivity contribution in [3.8, 4) is 0 Å². The van der Waals surface area contributed by atoms with E-state index in [2.05, 4.69) is 10.3 Å². The van der Waals surface area contributed by atoms with Gasteiger partial charge in [0.05, 0.1) is 6.61 Å². The van der Waals surface area contributed by atoms with Gasteiger partial charge >= 0.3 is 18.0 Å². The van der Waals surface area contributed by atoms with Crippen LogP contribution >= 0.6 is 0 Å². The number of aryl methyl sites for hydroxylation is 1. The Morgan fingerprint density at radius 2 is 1.84 bits per heavy atom. The maximum atomic E-state index is 11.9. The summed E-state index contributed by atoms with van der Waals surface area (Å²) in [6.07, 6.45) is -0.793. The number of aromatic amines is 1. The van der Waals surface area contributed by atoms with Crippen LogP contribution in [0, 0.1) is 13.8 Å². The molecule has 1 aromatic heterocycles. The summed E-state index contributed by atoms with van der Waals surface area (Å²) in [5, 5.41) is 11.7. The van der Waals surface area contributed by atoms with Crippen LogP contribution in [-0.4, -0.2) is 46.4 Å². The second-order valence-electron chi connectivity index (χ2n) is 6.69. The molecule has 140 valence electrons. The third-order valence-corrected chi connectivity index (χ3v) is 3.47. The summed E-state index contributed by atoms with van der Waals surface area (Å²) in [7, 11) is 0. The molecule has 0 fully saturated rings. The zero-order chi connectivity index (χ0) is 19.4. The molecule has 1 aromatic rings. The average molecular weight is 354 g/mol. The highest BCUT2D eigenvalue weighted by molar-refractivity contribution is 5.90. The molecule has 1 atom stereocenters. The van der Waals surface area contributed by atoms with Crippen molar-refractivity contribution >= 4 is 18.0 Å². The molecule has 0 aliphatic heterocycles. The first-order valence-electron chi connectivity index (χ1n) is 8.03. The summed E-state index contributed by atoms with van der Waals surface area (Å²) in [5.41, 5.74) is 1.46. The normalized spacial score (nSPS) is 12.4. The van der Waals surface area contributed by atoms with Crippen molar-refractivity contribution in [1.82, 2.24) is 10.3 Å². The molecular formula is C17H26N2O6. The molecule has 3 N–H and O–H groups in total. The third-order valence-electron chi connectivity index (χ3n) is 3.47. The van der Waals surface area contributed by atoms with Crippen LogP contribution in [0.5, 0.6) is 0 Å². The average Bonchev–Trinajstić information content (AvgIpc) is 2.72. The Morgan fingerprint density at radius 1 is 1.24 bits per heavy atom. The fourth-order valence-corrected chi connectivity index (χ4v) is 2.36. The fraction of sp³-hybridized carbons (Fsp3) is 0.588. The number of nitrogens with one attached hydrogen (secondary N) is 2. The van der Waals surface area contributed by atoms with E-state index < -0.39 is 29.7 Å². The second kappa shape index (κ2) is 8.04. The summed E-state index contributed by atoms with van der Waals surface area (Å²) in [4.78, 5) is 38.2. The Bertz CT molecular complexity index is 657. The number of ether oxygens (including phenoxy) is 2. The minimum Gasteiger partial charge on any atom is -0.480 e. The molecule has 0 saturated heterocycles. The minimum absolute atomic E-state index is 0.0160. The maximum absolute atomic E-state index is 11.9. The summed E-state index contributed by atoms with van der Waals surface area (Å²) in [6.45, 7) is 10.4. The van der Waals surface area contributed by atoms with Gasteiger partial charge in [-0.2, -0.15) is 0 Å². The summed E-state index contributed by atoms with van der Waals surface area (Å²) in [6, 6.07) is -1.18. The maximum Gasteiger partial charge on any atom is 0.408 e. The van der Waals surface area contributed by atoms with E-state index in [-0.39, 0.29) is 18.7 Å². The first kappa shape index (κ1) is 20.5. The molecule has 8 heteroatoms. The molecule has 0 radical (unpaired) electrons. The second-order valence-corrected chi connectivity index (χ2v) is 6.69. The monoisotopic (exact) mass is 354 g/mol. The van der Waals surface area contributed by atoms with Gasteiger partial charge in [0.15, 0.2) is 0 Å². The van der Waals surface area contributed by atoms with E-state index in [0.29, 0.717) is 16.8 Å². The number of aromatic nitrogens is 1. The Morgan fingerprint density at radius 3 is 2.32 bits per heavy atom. The number of esters is 1. The highest BCUT2D eigenvalue weighted by atomic mass is 16.6. The van der Waals surface area contributed by atoms with Crippen LogP contribution in [-0.2, 0) is 20.7 Å². The van der Waals surface area contributed by atoms with Crippen molar-refractivity contribution in [1.29, 1.82) is 0 Å². The molecule has 1 heterocycles. The molecule has 1 amide bonds. The number of hydrogen-bond donors (Lipinski definition) is 3. The zero-order valence-corrected chi connectivity index (χ0v) is 15.5. The molecule has 0 saturated carbocycles. The van der Waals surface area contributed by atoms with Gasteiger partial charge in [0, 0.05) is 12.1 Å². The number of aliphatic carboxylic acids is 1. The van der Waals surface area contributed by atoms with Gasteiger partial charge in [0.2, 0.25) is 0 Å². The van der Waals surface area contributed by atoms with Gasteiger partial charge in [-0.3, -0.25) is 0 Å². The standard InChI is InChI=1S/C17H26N2O6/c1-7-24-15(22)13-9(2)11(10(3)18-13)8-12(14(20)21)19-16(23)25-17(4,5)6/h12,18H,7-8H2,1-6H3,(H,19,23)(H,20,21). The molecule has 8 nitrogen and oxygen atoms in total. The fourth-order valence-electron chi connectivity index (χ4n) is 2.36. The van der Waals surface area contributed by atoms with Crippen LogP contribution in [0.15, 0.2) is 0 Å². The van der Waals surface area contributed by atoms with Crippen molar-refractivity contribution < 1.29 is 29.0 Å². The van der Waals surface area contributed by atoms with E-state index in [1.54, 1.807) is 41.5 Å². The van der Waals surface area contributed by atoms with Gasteiger partial charge in [-0.05, 0) is 52.7 Å². The molecule has 25 heavy (non-hydrogen) atoms. The number of hydrogen-bond acceptors (Lipinski definition) is 5. The largest absolute Gasteiger partial charge is 0.480 e. The number of carbonyl (C=O) groups excluding carboxylic acids is 2. The van der Waals surface area contributed by atoms with Crippen LogP contribution in [0.4, 0.5) is 4.79 Å². The van der Waals surface area contributed by atoms with E-state index >= 15 is 0 Å². The van der Waals surface area contributed by atoms with Gasteiger partial charge in [-0.1, -0.05) is 0 Å². The van der Waals surface area contributed by atoms with E-state index in [0.717, 1.165) is 0 Å². The van der Waals surface area contributed by atoms with Crippen molar-refractivity contribution in [2.45, 2.75) is 59.6 Å². The van der Waals surface area contributed by atoms with Crippen LogP contribution in [0.1, 0.15) is 55.0 Å². The number of alkyl carbamates (subject to hydrolysis) is 1. The van der Waals surface area contributed by atoms with Crippen LogP contribution in [0.3, 0.4) is 0 Å². The van der Waals surface area contributed by atoms with Crippen molar-refractivity contribution in [3.63, 3.8) is 0 Å². The molecule has 1 rings (SSSR count). The minimum atomic E-state index is -1.19. The number of H-pyrrole nitrogens is 1. The SMILES string of the molecule is CCOC(=O)c1[nH]c(C)c(CC(NC(=O)OC(C)(C)C)C(=O)O)c1C. The topological polar surface area (TPSA) is 118 Å². The zero-order valence-electron chi connectivity index (χ0n) is 15.5. The van der Waals surface area contributed by atoms with Crippen molar-refractivity contribution in [2.75, 3.05) is 6.61 Å². The highest BCUT2D eigenvalue weighted by Crippen LogP contribution is 2.21. The Labute approximate surface area is 146 Å². The highest BCUT2D eigenvalue weighted by Gasteiger charge is 2.27. The van der Waals surface area contributed by atoms with Gasteiger partial charge in [-0.25, -0.2) is 14.4 Å². The van der Waals surface area contributed by atoms with Gasteiger partial charge < -0.3 is 24.9 Å². The molecule has 0 aliphatic rings. The number of carbonyl (C=O) groups is 3. The molecule has 0 aromatic carbocycles. The number of carboxylic acid groups (broad SMARTS) is 1. The van der Waals surface area contributed by atoms with E-state index in [1.165, 1.54) is 0 Å². The molecule has 0 bridgehead atoms. The summed E-state index contributed by atoms with van der Waals surface area (Å²) < 4.78 is 10.1. The lowest BCUT2D eigenvalue weighted by Gasteiger charge is -2.22. The quantitative estimate of drug-likeness (QED) is 0.675. The van der Waals surface area contributed by atoms with E-state index in [1.807, 2.05) is 0 Å². The summed E-state index contributed by atoms with van der Waals surface area (Å²) >= 11 is 0. The number of carboxylic acids is 1. The number of amides is 1. The predicted octanol–water partition coefficient (Wildman–Crippen LogP) is 2.33. The Balaban J connectivity index is 2.98. The van der Waals surface area contributed by atoms with E-state index in [4.69, 9.17) is 9.47 Å². The first-order chi connectivity index (χ1) is 11.5. The molecule has 0 aliphatic carbocycles. The van der Waals surface area contributed by atoms with Crippen LogP contribution < -0.4 is 5.32 Å². The van der Waals surface area contributed by atoms with Crippen LogP contribution in [0.2, 0.25) is 0 Å². The van der Waals surface area contributed by atoms with Gasteiger partial charge in [-0.15, -0.1) is 0 Å². The lowest BCUT2D eigenvalue weighted by atomic mass is 10.0. The molecule has 1 unspecified atom stereocenters. The van der Waals surface area contributed by atoms with Gasteiger partial charge in [0.1, 0.15) is 17.3 Å². The third kappa shape index (κ3) is 5.81. The summed E-state index contributed by atoms with van der Waals surface area (Å²) in [5.74, 6) is -1.69. The first-order valence-corrected chi connectivity index (χ1v) is 8.03. The van der Waals surface area contributed by atoms with Crippen molar-refractivity contribution in [3.05, 3.63) is 22.5 Å². The molecule has 0 spiro atoms. The van der Waals surface area contributed by atoms with Crippen LogP contribution in [0.25, 0.3) is 0 Å². The predicted molar refractivity (Wildman–Crippen MR) is 90.7 cm³/mol. The van der Waals surface area contributed by atoms with Gasteiger partial charge in [0.25, 0.3) is 0 Å². The Hall–Kier alpha value is -2.51. The van der Waals surface area contributed by atoms with E-state index in [9.17, 15) is 19.5 Å². The number of rotatable bonds is 6. The molecular weight excluding hydrogens is 328 g/mol.